The third-order valence-electron chi connectivity index (χ3n) is 2.02. The van der Waals surface area contributed by atoms with Crippen molar-refractivity contribution >= 4 is 0 Å². The Morgan fingerprint density at radius 3 is 2.38 bits per heavy atom. The molecule has 0 aliphatic heterocycles. The first kappa shape index (κ1) is 12.4. The van der Waals surface area contributed by atoms with Gasteiger partial charge in [-0.05, 0) is 17.5 Å². The minimum absolute atomic E-state index is 0.0357. The van der Waals surface area contributed by atoms with Crippen molar-refractivity contribution in [2.45, 2.75) is 26.1 Å². The molecule has 0 heterocycles. The Morgan fingerprint density at radius 2 is 1.94 bits per heavy atom. The summed E-state index contributed by atoms with van der Waals surface area (Å²) < 4.78 is 40.0. The number of halogens is 3. The number of nitrogens with zero attached hydrogens (tertiary/aromatic N) is 1. The fourth-order valence-electron chi connectivity index (χ4n) is 1.36. The Hall–Kier alpha value is -1.70. The smallest absolute Gasteiger partial charge is 0.404 e. The number of nitriles is 1. The summed E-state index contributed by atoms with van der Waals surface area (Å²) in [5.74, 6) is -0.479. The molecule has 2 nitrogen and oxygen atoms in total. The first-order valence-electron chi connectivity index (χ1n) is 4.64. The van der Waals surface area contributed by atoms with Crippen LogP contribution in [0.4, 0.5) is 13.2 Å². The van der Waals surface area contributed by atoms with Gasteiger partial charge in [0.05, 0.1) is 5.56 Å². The molecule has 0 unspecified atom stereocenters. The van der Waals surface area contributed by atoms with Crippen molar-refractivity contribution in [2.24, 2.45) is 0 Å². The Bertz CT molecular complexity index is 418. The summed E-state index contributed by atoms with van der Waals surface area (Å²) in [5, 5.41) is 8.85. The fraction of sp³-hybridized carbons (Fsp3) is 0.364. The average Bonchev–Trinajstić information content (AvgIpc) is 2.14. The standard InChI is InChI=1S/C11H10F3NO/c1-7(2)8-4-3-5-10(9(8)6-15)16-11(12,13)14/h3-5,7H,1-2H3. The molecule has 86 valence electrons. The van der Waals surface area contributed by atoms with Crippen LogP contribution in [0.3, 0.4) is 0 Å². The zero-order valence-corrected chi connectivity index (χ0v) is 8.80. The van der Waals surface area contributed by atoms with Crippen molar-refractivity contribution in [3.8, 4) is 11.8 Å². The molecule has 0 bridgehead atoms. The van der Waals surface area contributed by atoms with Crippen molar-refractivity contribution < 1.29 is 17.9 Å². The van der Waals surface area contributed by atoms with Crippen LogP contribution in [0.2, 0.25) is 0 Å². The third-order valence-corrected chi connectivity index (χ3v) is 2.02. The second-order valence-corrected chi connectivity index (χ2v) is 3.53. The number of ether oxygens (including phenoxy) is 1. The van der Waals surface area contributed by atoms with Gasteiger partial charge in [0.25, 0.3) is 0 Å². The number of alkyl halides is 3. The summed E-state index contributed by atoms with van der Waals surface area (Å²) in [6, 6.07) is 5.94. The van der Waals surface area contributed by atoms with Gasteiger partial charge >= 0.3 is 6.36 Å². The molecule has 1 aromatic rings. The van der Waals surface area contributed by atoms with Crippen molar-refractivity contribution in [1.82, 2.24) is 0 Å². The predicted octanol–water partition coefficient (Wildman–Crippen LogP) is 3.58. The minimum Gasteiger partial charge on any atom is -0.404 e. The summed E-state index contributed by atoms with van der Waals surface area (Å²) >= 11 is 0. The molecule has 0 fully saturated rings. The fourth-order valence-corrected chi connectivity index (χ4v) is 1.36. The molecule has 0 aromatic heterocycles. The maximum Gasteiger partial charge on any atom is 0.573 e. The first-order chi connectivity index (χ1) is 7.35. The van der Waals surface area contributed by atoms with Gasteiger partial charge in [0.15, 0.2) is 0 Å². The zero-order valence-electron chi connectivity index (χ0n) is 8.80. The number of benzene rings is 1. The summed E-state index contributed by atoms with van der Waals surface area (Å²) in [6.07, 6.45) is -4.78. The van der Waals surface area contributed by atoms with E-state index in [1.54, 1.807) is 26.0 Å². The van der Waals surface area contributed by atoms with E-state index >= 15 is 0 Å². The highest BCUT2D eigenvalue weighted by Crippen LogP contribution is 2.30. The van der Waals surface area contributed by atoms with Crippen molar-refractivity contribution in [3.05, 3.63) is 29.3 Å². The topological polar surface area (TPSA) is 33.0 Å². The van der Waals surface area contributed by atoms with Crippen LogP contribution in [0.1, 0.15) is 30.9 Å². The SMILES string of the molecule is CC(C)c1cccc(OC(F)(F)F)c1C#N. The van der Waals surface area contributed by atoms with E-state index in [9.17, 15) is 13.2 Å². The minimum atomic E-state index is -4.78. The molecule has 1 rings (SSSR count). The summed E-state index contributed by atoms with van der Waals surface area (Å²) in [4.78, 5) is 0. The normalized spacial score (nSPS) is 11.3. The lowest BCUT2D eigenvalue weighted by atomic mass is 9.97. The van der Waals surface area contributed by atoms with Crippen molar-refractivity contribution in [2.75, 3.05) is 0 Å². The summed E-state index contributed by atoms with van der Waals surface area (Å²) in [7, 11) is 0. The van der Waals surface area contributed by atoms with E-state index in [1.807, 2.05) is 0 Å². The molecule has 16 heavy (non-hydrogen) atoms. The zero-order chi connectivity index (χ0) is 12.3. The maximum atomic E-state index is 12.1. The number of hydrogen-bond acceptors (Lipinski definition) is 2. The highest BCUT2D eigenvalue weighted by atomic mass is 19.4. The van der Waals surface area contributed by atoms with E-state index in [2.05, 4.69) is 4.74 Å². The molecular weight excluding hydrogens is 219 g/mol. The second-order valence-electron chi connectivity index (χ2n) is 3.53. The maximum absolute atomic E-state index is 12.1. The van der Waals surface area contributed by atoms with Gasteiger partial charge in [-0.15, -0.1) is 13.2 Å². The number of rotatable bonds is 2. The van der Waals surface area contributed by atoms with Crippen molar-refractivity contribution in [1.29, 1.82) is 5.26 Å². The van der Waals surface area contributed by atoms with Crippen LogP contribution in [0, 0.1) is 11.3 Å². The molecule has 5 heteroatoms. The van der Waals surface area contributed by atoms with Crippen LogP contribution in [0.15, 0.2) is 18.2 Å². The van der Waals surface area contributed by atoms with Crippen LogP contribution in [0.5, 0.6) is 5.75 Å². The molecule has 0 aliphatic rings. The Balaban J connectivity index is 3.21. The van der Waals surface area contributed by atoms with Crippen LogP contribution in [0.25, 0.3) is 0 Å². The molecular formula is C11H10F3NO. The van der Waals surface area contributed by atoms with Gasteiger partial charge in [0.1, 0.15) is 11.8 Å². The lowest BCUT2D eigenvalue weighted by molar-refractivity contribution is -0.274. The van der Waals surface area contributed by atoms with Gasteiger partial charge < -0.3 is 4.74 Å². The van der Waals surface area contributed by atoms with Crippen LogP contribution in [-0.2, 0) is 0 Å². The van der Waals surface area contributed by atoms with Crippen LogP contribution in [-0.4, -0.2) is 6.36 Å². The summed E-state index contributed by atoms with van der Waals surface area (Å²) in [5.41, 5.74) is 0.485. The van der Waals surface area contributed by atoms with Crippen molar-refractivity contribution in [3.63, 3.8) is 0 Å². The highest BCUT2D eigenvalue weighted by molar-refractivity contribution is 5.50. The Morgan fingerprint density at radius 1 is 1.31 bits per heavy atom. The van der Waals surface area contributed by atoms with E-state index < -0.39 is 12.1 Å². The molecule has 0 N–H and O–H groups in total. The van der Waals surface area contributed by atoms with E-state index in [1.165, 1.54) is 6.07 Å². The molecule has 0 saturated carbocycles. The lowest BCUT2D eigenvalue weighted by Gasteiger charge is -2.14. The largest absolute Gasteiger partial charge is 0.573 e. The van der Waals surface area contributed by atoms with Gasteiger partial charge in [0, 0.05) is 0 Å². The lowest BCUT2D eigenvalue weighted by Crippen LogP contribution is -2.18. The molecule has 1 aromatic carbocycles. The van der Waals surface area contributed by atoms with Gasteiger partial charge in [-0.1, -0.05) is 26.0 Å². The number of hydrogen-bond donors (Lipinski definition) is 0. The van der Waals surface area contributed by atoms with E-state index in [0.29, 0.717) is 5.56 Å². The molecule has 0 saturated heterocycles. The Kier molecular flexibility index (Phi) is 3.43. The molecule has 0 amide bonds. The molecule has 0 spiro atoms. The van der Waals surface area contributed by atoms with Gasteiger partial charge in [-0.2, -0.15) is 5.26 Å². The quantitative estimate of drug-likeness (QED) is 0.776. The van der Waals surface area contributed by atoms with Crippen LogP contribution < -0.4 is 4.74 Å². The summed E-state index contributed by atoms with van der Waals surface area (Å²) in [6.45, 7) is 3.60. The molecule has 0 atom stereocenters. The van der Waals surface area contributed by atoms with Gasteiger partial charge in [-0.25, -0.2) is 0 Å². The highest BCUT2D eigenvalue weighted by Gasteiger charge is 2.32. The molecule has 0 radical (unpaired) electrons. The second kappa shape index (κ2) is 4.44. The Labute approximate surface area is 91.3 Å². The van der Waals surface area contributed by atoms with Gasteiger partial charge in [0.2, 0.25) is 0 Å². The molecule has 0 aliphatic carbocycles. The first-order valence-corrected chi connectivity index (χ1v) is 4.64. The van der Waals surface area contributed by atoms with E-state index in [-0.39, 0.29) is 11.5 Å². The van der Waals surface area contributed by atoms with Crippen LogP contribution >= 0.6 is 0 Å². The third kappa shape index (κ3) is 2.89. The average molecular weight is 229 g/mol. The van der Waals surface area contributed by atoms with Gasteiger partial charge in [-0.3, -0.25) is 0 Å². The van der Waals surface area contributed by atoms with E-state index in [0.717, 1.165) is 6.07 Å². The predicted molar refractivity (Wildman–Crippen MR) is 51.9 cm³/mol. The monoisotopic (exact) mass is 229 g/mol. The van der Waals surface area contributed by atoms with E-state index in [4.69, 9.17) is 5.26 Å².